The molecule has 0 radical (unpaired) electrons. The normalized spacial score (nSPS) is 24.5. The van der Waals surface area contributed by atoms with Crippen LogP contribution in [0.5, 0.6) is 11.5 Å². The van der Waals surface area contributed by atoms with Crippen LogP contribution in [-0.2, 0) is 0 Å². The Morgan fingerprint density at radius 3 is 1.47 bits per heavy atom. The van der Waals surface area contributed by atoms with E-state index in [0.29, 0.717) is 0 Å². The minimum absolute atomic E-state index is 0.740. The highest BCUT2D eigenvalue weighted by atomic mass is 16.5. The SMILES string of the molecule is CCCCCCCC1CCC(CCCOc2ccc(OCC3CCC(CCCCC)CC3)cc2)CC1. The van der Waals surface area contributed by atoms with Crippen molar-refractivity contribution in [1.82, 2.24) is 0 Å². The molecule has 1 aromatic rings. The maximum atomic E-state index is 6.13. The van der Waals surface area contributed by atoms with E-state index in [1.165, 1.54) is 128 Å². The largest absolute Gasteiger partial charge is 0.494 e. The van der Waals surface area contributed by atoms with Crippen LogP contribution in [0.3, 0.4) is 0 Å². The lowest BCUT2D eigenvalue weighted by atomic mass is 9.78. The second-order valence-electron chi connectivity index (χ2n) is 12.2. The summed E-state index contributed by atoms with van der Waals surface area (Å²) in [5.41, 5.74) is 0. The number of rotatable bonds is 18. The van der Waals surface area contributed by atoms with Gasteiger partial charge in [-0.15, -0.1) is 0 Å². The molecule has 0 N–H and O–H groups in total. The molecule has 2 aliphatic carbocycles. The van der Waals surface area contributed by atoms with E-state index in [2.05, 4.69) is 38.1 Å². The number of ether oxygens (including phenoxy) is 2. The van der Waals surface area contributed by atoms with Crippen LogP contribution in [0.15, 0.2) is 24.3 Å². The van der Waals surface area contributed by atoms with Crippen molar-refractivity contribution in [1.29, 1.82) is 0 Å². The molecule has 0 atom stereocenters. The van der Waals surface area contributed by atoms with Crippen LogP contribution in [0.25, 0.3) is 0 Å². The van der Waals surface area contributed by atoms with Crippen molar-refractivity contribution >= 4 is 0 Å². The Labute approximate surface area is 224 Å². The van der Waals surface area contributed by atoms with Gasteiger partial charge in [-0.2, -0.15) is 0 Å². The van der Waals surface area contributed by atoms with Gasteiger partial charge >= 0.3 is 0 Å². The Morgan fingerprint density at radius 2 is 0.917 bits per heavy atom. The Kier molecular flexibility index (Phi) is 14.8. The predicted octanol–water partition coefficient (Wildman–Crippen LogP) is 10.8. The minimum Gasteiger partial charge on any atom is -0.494 e. The van der Waals surface area contributed by atoms with Gasteiger partial charge in [0.25, 0.3) is 0 Å². The summed E-state index contributed by atoms with van der Waals surface area (Å²) in [6.07, 6.45) is 28.1. The molecular formula is C34H58O2. The topological polar surface area (TPSA) is 18.5 Å². The third-order valence-electron chi connectivity index (χ3n) is 9.20. The molecule has 2 heteroatoms. The second-order valence-corrected chi connectivity index (χ2v) is 12.2. The van der Waals surface area contributed by atoms with Crippen LogP contribution >= 0.6 is 0 Å². The van der Waals surface area contributed by atoms with E-state index in [0.717, 1.165) is 48.4 Å². The molecule has 0 unspecified atom stereocenters. The van der Waals surface area contributed by atoms with E-state index in [1.54, 1.807) is 0 Å². The maximum Gasteiger partial charge on any atom is 0.119 e. The van der Waals surface area contributed by atoms with Crippen molar-refractivity contribution in [3.05, 3.63) is 24.3 Å². The molecule has 1 aromatic carbocycles. The molecule has 36 heavy (non-hydrogen) atoms. The molecule has 3 rings (SSSR count). The summed E-state index contributed by atoms with van der Waals surface area (Å²) < 4.78 is 12.2. The van der Waals surface area contributed by atoms with Gasteiger partial charge in [-0.3, -0.25) is 0 Å². The van der Waals surface area contributed by atoms with E-state index < -0.39 is 0 Å². The molecular weight excluding hydrogens is 440 g/mol. The summed E-state index contributed by atoms with van der Waals surface area (Å²) >= 11 is 0. The Balaban J connectivity index is 1.19. The number of hydrogen-bond acceptors (Lipinski definition) is 2. The molecule has 0 spiro atoms. The van der Waals surface area contributed by atoms with E-state index in [-0.39, 0.29) is 0 Å². The summed E-state index contributed by atoms with van der Waals surface area (Å²) in [5, 5.41) is 0. The third kappa shape index (κ3) is 11.9. The van der Waals surface area contributed by atoms with Crippen LogP contribution in [0.2, 0.25) is 0 Å². The fraction of sp³-hybridized carbons (Fsp3) is 0.824. The van der Waals surface area contributed by atoms with E-state index in [9.17, 15) is 0 Å². The average Bonchev–Trinajstić information content (AvgIpc) is 2.92. The van der Waals surface area contributed by atoms with Crippen LogP contribution < -0.4 is 9.47 Å². The highest BCUT2D eigenvalue weighted by Crippen LogP contribution is 2.35. The molecule has 2 aliphatic rings. The van der Waals surface area contributed by atoms with Gasteiger partial charge < -0.3 is 9.47 Å². The summed E-state index contributed by atoms with van der Waals surface area (Å²) in [4.78, 5) is 0. The first-order valence-electron chi connectivity index (χ1n) is 16.1. The number of unbranched alkanes of at least 4 members (excludes halogenated alkanes) is 6. The molecule has 0 saturated heterocycles. The predicted molar refractivity (Wildman–Crippen MR) is 155 cm³/mol. The lowest BCUT2D eigenvalue weighted by Gasteiger charge is -2.28. The number of hydrogen-bond donors (Lipinski definition) is 0. The van der Waals surface area contributed by atoms with Gasteiger partial charge in [0.05, 0.1) is 13.2 Å². The van der Waals surface area contributed by atoms with Crippen molar-refractivity contribution in [2.24, 2.45) is 23.7 Å². The van der Waals surface area contributed by atoms with Crippen molar-refractivity contribution in [3.63, 3.8) is 0 Å². The molecule has 2 saturated carbocycles. The second kappa shape index (κ2) is 18.1. The lowest BCUT2D eigenvalue weighted by Crippen LogP contribution is -2.20. The zero-order valence-corrected chi connectivity index (χ0v) is 24.0. The molecule has 2 fully saturated rings. The van der Waals surface area contributed by atoms with Gasteiger partial charge in [-0.25, -0.2) is 0 Å². The van der Waals surface area contributed by atoms with Crippen molar-refractivity contribution in [2.45, 2.75) is 142 Å². The minimum atomic E-state index is 0.740. The Hall–Kier alpha value is -1.18. The van der Waals surface area contributed by atoms with Gasteiger partial charge in [0.1, 0.15) is 11.5 Å². The van der Waals surface area contributed by atoms with Crippen molar-refractivity contribution in [3.8, 4) is 11.5 Å². The van der Waals surface area contributed by atoms with Crippen LogP contribution in [-0.4, -0.2) is 13.2 Å². The molecule has 0 amide bonds. The standard InChI is InChI=1S/C34H58O2/c1-3-5-7-8-10-13-30-15-17-31(18-16-30)14-11-27-35-33-23-25-34(26-24-33)36-28-32-21-19-29(20-22-32)12-9-6-4-2/h23-26,29-32H,3-22,27-28H2,1-2H3. The van der Waals surface area contributed by atoms with E-state index in [4.69, 9.17) is 9.47 Å². The third-order valence-corrected chi connectivity index (χ3v) is 9.20. The molecule has 2 nitrogen and oxygen atoms in total. The molecule has 0 heterocycles. The van der Waals surface area contributed by atoms with E-state index in [1.807, 2.05) is 0 Å². The fourth-order valence-corrected chi connectivity index (χ4v) is 6.62. The van der Waals surface area contributed by atoms with Gasteiger partial charge in [-0.05, 0) is 73.6 Å². The monoisotopic (exact) mass is 498 g/mol. The zero-order valence-electron chi connectivity index (χ0n) is 24.0. The highest BCUT2D eigenvalue weighted by molar-refractivity contribution is 5.31. The fourth-order valence-electron chi connectivity index (χ4n) is 6.62. The summed E-state index contributed by atoms with van der Waals surface area (Å²) in [5.74, 6) is 5.66. The summed E-state index contributed by atoms with van der Waals surface area (Å²) in [7, 11) is 0. The van der Waals surface area contributed by atoms with Crippen molar-refractivity contribution in [2.75, 3.05) is 13.2 Å². The first-order chi connectivity index (χ1) is 17.8. The van der Waals surface area contributed by atoms with Crippen LogP contribution in [0.4, 0.5) is 0 Å². The van der Waals surface area contributed by atoms with E-state index >= 15 is 0 Å². The Bertz CT molecular complexity index is 638. The summed E-state index contributed by atoms with van der Waals surface area (Å²) in [6, 6.07) is 8.36. The Morgan fingerprint density at radius 1 is 0.500 bits per heavy atom. The number of benzene rings is 1. The quantitative estimate of drug-likeness (QED) is 0.187. The van der Waals surface area contributed by atoms with Gasteiger partial charge in [0.2, 0.25) is 0 Å². The highest BCUT2D eigenvalue weighted by Gasteiger charge is 2.22. The van der Waals surface area contributed by atoms with Crippen LogP contribution in [0.1, 0.15) is 142 Å². The molecule has 0 aliphatic heterocycles. The first kappa shape index (κ1) is 29.4. The van der Waals surface area contributed by atoms with Gasteiger partial charge in [0.15, 0.2) is 0 Å². The van der Waals surface area contributed by atoms with Crippen molar-refractivity contribution < 1.29 is 9.47 Å². The maximum absolute atomic E-state index is 6.13. The summed E-state index contributed by atoms with van der Waals surface area (Å²) in [6.45, 7) is 6.33. The average molecular weight is 499 g/mol. The van der Waals surface area contributed by atoms with Gasteiger partial charge in [0, 0.05) is 0 Å². The lowest BCUT2D eigenvalue weighted by molar-refractivity contribution is 0.177. The first-order valence-corrected chi connectivity index (χ1v) is 16.1. The smallest absolute Gasteiger partial charge is 0.119 e. The molecule has 0 bridgehead atoms. The molecule has 0 aromatic heterocycles. The zero-order chi connectivity index (χ0) is 25.3. The van der Waals surface area contributed by atoms with Crippen LogP contribution in [0, 0.1) is 23.7 Å². The van der Waals surface area contributed by atoms with Gasteiger partial charge in [-0.1, -0.05) is 117 Å². The molecule has 206 valence electrons.